The number of thiazole rings is 1. The third-order valence-corrected chi connectivity index (χ3v) is 6.11. The standard InChI is InChI=1S/C13H13F2N3O2S2/c14-10-7-11(15)9-12(8-10)22(19,20)18-4-2-17(3-5-18)13-16-1-6-21-13/h1,6-9H,2-5H2. The summed E-state index contributed by atoms with van der Waals surface area (Å²) in [5.74, 6) is -1.81. The lowest BCUT2D eigenvalue weighted by atomic mass is 10.3. The third-order valence-electron chi connectivity index (χ3n) is 3.40. The van der Waals surface area contributed by atoms with Crippen molar-refractivity contribution in [3.8, 4) is 0 Å². The molecule has 0 aliphatic carbocycles. The number of benzene rings is 1. The van der Waals surface area contributed by atoms with E-state index < -0.39 is 21.7 Å². The molecule has 2 heterocycles. The van der Waals surface area contributed by atoms with Gasteiger partial charge in [-0.05, 0) is 12.1 Å². The topological polar surface area (TPSA) is 53.5 Å². The van der Waals surface area contributed by atoms with Gasteiger partial charge in [0, 0.05) is 43.8 Å². The van der Waals surface area contributed by atoms with E-state index in [1.807, 2.05) is 10.3 Å². The maximum atomic E-state index is 13.2. The molecule has 0 N–H and O–H groups in total. The van der Waals surface area contributed by atoms with Gasteiger partial charge in [0.2, 0.25) is 10.0 Å². The molecule has 1 fully saturated rings. The summed E-state index contributed by atoms with van der Waals surface area (Å²) in [5, 5.41) is 2.70. The van der Waals surface area contributed by atoms with Crippen LogP contribution in [0.25, 0.3) is 0 Å². The second-order valence-corrected chi connectivity index (χ2v) is 7.62. The highest BCUT2D eigenvalue weighted by Crippen LogP contribution is 2.23. The Morgan fingerprint density at radius 1 is 1.05 bits per heavy atom. The summed E-state index contributed by atoms with van der Waals surface area (Å²) in [6.45, 7) is 1.48. The number of hydrogen-bond donors (Lipinski definition) is 0. The van der Waals surface area contributed by atoms with Crippen molar-refractivity contribution in [2.24, 2.45) is 0 Å². The van der Waals surface area contributed by atoms with Gasteiger partial charge in [-0.15, -0.1) is 11.3 Å². The highest BCUT2D eigenvalue weighted by Gasteiger charge is 2.29. The number of nitrogens with zero attached hydrogens (tertiary/aromatic N) is 3. The molecule has 5 nitrogen and oxygen atoms in total. The van der Waals surface area contributed by atoms with Gasteiger partial charge in [-0.3, -0.25) is 0 Å². The van der Waals surface area contributed by atoms with Crippen molar-refractivity contribution in [3.05, 3.63) is 41.4 Å². The van der Waals surface area contributed by atoms with Gasteiger partial charge in [0.05, 0.1) is 4.90 Å². The summed E-state index contributed by atoms with van der Waals surface area (Å²) >= 11 is 1.49. The molecule has 2 aromatic rings. The Labute approximate surface area is 130 Å². The third kappa shape index (κ3) is 2.96. The van der Waals surface area contributed by atoms with Gasteiger partial charge in [-0.2, -0.15) is 4.31 Å². The quantitative estimate of drug-likeness (QED) is 0.853. The summed E-state index contributed by atoms with van der Waals surface area (Å²) in [4.78, 5) is 5.82. The zero-order valence-electron chi connectivity index (χ0n) is 11.4. The fourth-order valence-corrected chi connectivity index (χ4v) is 4.48. The van der Waals surface area contributed by atoms with Crippen molar-refractivity contribution in [2.75, 3.05) is 31.1 Å². The van der Waals surface area contributed by atoms with Crippen LogP contribution in [0.15, 0.2) is 34.7 Å². The van der Waals surface area contributed by atoms with Crippen LogP contribution in [-0.2, 0) is 10.0 Å². The normalized spacial score (nSPS) is 16.9. The van der Waals surface area contributed by atoms with Crippen molar-refractivity contribution < 1.29 is 17.2 Å². The lowest BCUT2D eigenvalue weighted by Gasteiger charge is -2.33. The van der Waals surface area contributed by atoms with E-state index >= 15 is 0 Å². The minimum atomic E-state index is -3.89. The maximum Gasteiger partial charge on any atom is 0.243 e. The van der Waals surface area contributed by atoms with Crippen molar-refractivity contribution in [2.45, 2.75) is 4.90 Å². The molecule has 22 heavy (non-hydrogen) atoms. The SMILES string of the molecule is O=S(=O)(c1cc(F)cc(F)c1)N1CCN(c2nccs2)CC1. The average molecular weight is 345 g/mol. The zero-order chi connectivity index (χ0) is 15.7. The fraction of sp³-hybridized carbons (Fsp3) is 0.308. The van der Waals surface area contributed by atoms with Crippen LogP contribution in [0.2, 0.25) is 0 Å². The lowest BCUT2D eigenvalue weighted by Crippen LogP contribution is -2.48. The number of aromatic nitrogens is 1. The Morgan fingerprint density at radius 2 is 1.68 bits per heavy atom. The predicted molar refractivity (Wildman–Crippen MR) is 79.4 cm³/mol. The summed E-state index contributed by atoms with van der Waals surface area (Å²) in [5.41, 5.74) is 0. The molecule has 1 aromatic heterocycles. The molecule has 1 saturated heterocycles. The minimum absolute atomic E-state index is 0.250. The molecule has 0 spiro atoms. The van der Waals surface area contributed by atoms with Crippen LogP contribution in [0.3, 0.4) is 0 Å². The van der Waals surface area contributed by atoms with Gasteiger partial charge in [0.25, 0.3) is 0 Å². The van der Waals surface area contributed by atoms with E-state index in [1.54, 1.807) is 6.20 Å². The van der Waals surface area contributed by atoms with Crippen molar-refractivity contribution in [3.63, 3.8) is 0 Å². The van der Waals surface area contributed by atoms with Gasteiger partial charge in [-0.1, -0.05) is 0 Å². The van der Waals surface area contributed by atoms with Gasteiger partial charge >= 0.3 is 0 Å². The number of hydrogen-bond acceptors (Lipinski definition) is 5. The number of sulfonamides is 1. The molecule has 0 amide bonds. The molecular formula is C13H13F2N3O2S2. The molecule has 0 bridgehead atoms. The summed E-state index contributed by atoms with van der Waals surface area (Å²) < 4.78 is 52.6. The summed E-state index contributed by atoms with van der Waals surface area (Å²) in [7, 11) is -3.89. The molecule has 0 radical (unpaired) electrons. The van der Waals surface area contributed by atoms with Crippen LogP contribution in [0.5, 0.6) is 0 Å². The van der Waals surface area contributed by atoms with Crippen LogP contribution in [-0.4, -0.2) is 43.9 Å². The Kier molecular flexibility index (Phi) is 4.11. The molecule has 1 aliphatic rings. The van der Waals surface area contributed by atoms with E-state index in [9.17, 15) is 17.2 Å². The van der Waals surface area contributed by atoms with Crippen LogP contribution in [0.4, 0.5) is 13.9 Å². The first-order valence-corrected chi connectivity index (χ1v) is 8.89. The summed E-state index contributed by atoms with van der Waals surface area (Å²) in [6, 6.07) is 2.33. The van der Waals surface area contributed by atoms with Crippen LogP contribution >= 0.6 is 11.3 Å². The Hall–Kier alpha value is -1.58. The van der Waals surface area contributed by atoms with E-state index in [-0.39, 0.29) is 18.0 Å². The average Bonchev–Trinajstić information content (AvgIpc) is 3.00. The van der Waals surface area contributed by atoms with E-state index in [0.717, 1.165) is 17.3 Å². The predicted octanol–water partition coefficient (Wildman–Crippen LogP) is 1.93. The first-order valence-electron chi connectivity index (χ1n) is 6.57. The number of halogens is 2. The van der Waals surface area contributed by atoms with Gasteiger partial charge in [0.1, 0.15) is 11.6 Å². The van der Waals surface area contributed by atoms with Crippen LogP contribution in [0.1, 0.15) is 0 Å². The van der Waals surface area contributed by atoms with Crippen molar-refractivity contribution in [1.82, 2.24) is 9.29 Å². The second kappa shape index (κ2) is 5.90. The Morgan fingerprint density at radius 3 is 2.23 bits per heavy atom. The largest absolute Gasteiger partial charge is 0.345 e. The van der Waals surface area contributed by atoms with Crippen LogP contribution < -0.4 is 4.90 Å². The molecule has 0 atom stereocenters. The molecule has 1 aliphatic heterocycles. The monoisotopic (exact) mass is 345 g/mol. The lowest BCUT2D eigenvalue weighted by molar-refractivity contribution is 0.384. The summed E-state index contributed by atoms with van der Waals surface area (Å²) in [6.07, 6.45) is 1.69. The number of rotatable bonds is 3. The Balaban J connectivity index is 1.77. The van der Waals surface area contributed by atoms with Crippen molar-refractivity contribution in [1.29, 1.82) is 0 Å². The molecule has 9 heteroatoms. The fourth-order valence-electron chi connectivity index (χ4n) is 2.32. The zero-order valence-corrected chi connectivity index (χ0v) is 13.1. The molecular weight excluding hydrogens is 332 g/mol. The Bertz CT molecular complexity index is 737. The number of piperazine rings is 1. The second-order valence-electron chi connectivity index (χ2n) is 4.81. The minimum Gasteiger partial charge on any atom is -0.345 e. The first-order chi connectivity index (χ1) is 10.5. The molecule has 1 aromatic carbocycles. The highest BCUT2D eigenvalue weighted by atomic mass is 32.2. The molecule has 118 valence electrons. The molecule has 0 unspecified atom stereocenters. The first kappa shape index (κ1) is 15.3. The van der Waals surface area contributed by atoms with Gasteiger partial charge in [0.15, 0.2) is 5.13 Å². The molecule has 0 saturated carbocycles. The van der Waals surface area contributed by atoms with E-state index in [1.165, 1.54) is 15.6 Å². The van der Waals surface area contributed by atoms with Crippen molar-refractivity contribution >= 4 is 26.5 Å². The van der Waals surface area contributed by atoms with E-state index in [4.69, 9.17) is 0 Å². The molecule has 3 rings (SSSR count). The van der Waals surface area contributed by atoms with E-state index in [0.29, 0.717) is 19.2 Å². The van der Waals surface area contributed by atoms with Crippen LogP contribution in [0, 0.1) is 11.6 Å². The maximum absolute atomic E-state index is 13.2. The number of anilines is 1. The van der Waals surface area contributed by atoms with E-state index in [2.05, 4.69) is 4.98 Å². The van der Waals surface area contributed by atoms with Gasteiger partial charge < -0.3 is 4.90 Å². The highest BCUT2D eigenvalue weighted by molar-refractivity contribution is 7.89. The van der Waals surface area contributed by atoms with Gasteiger partial charge in [-0.25, -0.2) is 22.2 Å². The smallest absolute Gasteiger partial charge is 0.243 e.